The maximum absolute atomic E-state index is 4.56. The maximum atomic E-state index is 4.56. The minimum Gasteiger partial charge on any atom is -0.322 e. The summed E-state index contributed by atoms with van der Waals surface area (Å²) in [5.74, 6) is 0.945. The fraction of sp³-hybridized carbons (Fsp3) is 0.214. The van der Waals surface area contributed by atoms with E-state index >= 15 is 0 Å². The highest BCUT2D eigenvalue weighted by Gasteiger charge is 2.15. The number of aromatic nitrogens is 4. The normalized spacial score (nSPS) is 12.5. The molecule has 3 aromatic heterocycles. The minimum absolute atomic E-state index is 0.176. The average molecular weight is 270 g/mol. The zero-order valence-corrected chi connectivity index (χ0v) is 11.6. The van der Waals surface area contributed by atoms with Crippen LogP contribution in [0.15, 0.2) is 42.3 Å². The molecule has 5 heteroatoms. The molecule has 0 aromatic carbocycles. The lowest BCUT2D eigenvalue weighted by Crippen LogP contribution is -2.08. The lowest BCUT2D eigenvalue weighted by molar-refractivity contribution is 0.629. The molecule has 3 heterocycles. The summed E-state index contributed by atoms with van der Waals surface area (Å²) in [7, 11) is 0. The van der Waals surface area contributed by atoms with Gasteiger partial charge in [-0.05, 0) is 26.0 Å². The van der Waals surface area contributed by atoms with E-state index in [0.29, 0.717) is 0 Å². The predicted octanol–water partition coefficient (Wildman–Crippen LogP) is 3.32. The molecule has 96 valence electrons. The van der Waals surface area contributed by atoms with Crippen molar-refractivity contribution in [3.8, 4) is 11.4 Å². The van der Waals surface area contributed by atoms with Crippen molar-refractivity contribution in [1.29, 1.82) is 0 Å². The highest BCUT2D eigenvalue weighted by molar-refractivity contribution is 7.09. The van der Waals surface area contributed by atoms with Gasteiger partial charge >= 0.3 is 0 Å². The molecule has 0 spiro atoms. The highest BCUT2D eigenvalue weighted by atomic mass is 32.1. The van der Waals surface area contributed by atoms with Gasteiger partial charge in [0.15, 0.2) is 0 Å². The Morgan fingerprint density at radius 1 is 1.21 bits per heavy atom. The summed E-state index contributed by atoms with van der Waals surface area (Å²) in [6.45, 7) is 4.17. The monoisotopic (exact) mass is 270 g/mol. The van der Waals surface area contributed by atoms with Crippen molar-refractivity contribution in [3.05, 3.63) is 53.0 Å². The Morgan fingerprint density at radius 2 is 2.00 bits per heavy atom. The fourth-order valence-electron chi connectivity index (χ4n) is 2.06. The Morgan fingerprint density at radius 3 is 2.68 bits per heavy atom. The van der Waals surface area contributed by atoms with Crippen LogP contribution < -0.4 is 0 Å². The van der Waals surface area contributed by atoms with E-state index in [1.54, 1.807) is 23.7 Å². The van der Waals surface area contributed by atoms with Gasteiger partial charge in [-0.1, -0.05) is 0 Å². The molecule has 0 fully saturated rings. The number of thiazole rings is 1. The van der Waals surface area contributed by atoms with Crippen LogP contribution in [0.4, 0.5) is 0 Å². The van der Waals surface area contributed by atoms with E-state index in [0.717, 1.165) is 22.1 Å². The van der Waals surface area contributed by atoms with E-state index in [4.69, 9.17) is 0 Å². The van der Waals surface area contributed by atoms with Crippen molar-refractivity contribution in [1.82, 2.24) is 19.5 Å². The molecule has 0 amide bonds. The molecule has 0 unspecified atom stereocenters. The van der Waals surface area contributed by atoms with Crippen LogP contribution in [0.1, 0.15) is 23.7 Å². The number of imidazole rings is 1. The second-order valence-corrected chi connectivity index (χ2v) is 5.42. The molecule has 4 nitrogen and oxygen atoms in total. The minimum atomic E-state index is 0.176. The first-order chi connectivity index (χ1) is 9.25. The van der Waals surface area contributed by atoms with Crippen LogP contribution in [0.2, 0.25) is 0 Å². The van der Waals surface area contributed by atoms with Gasteiger partial charge < -0.3 is 4.57 Å². The predicted molar refractivity (Wildman–Crippen MR) is 76.1 cm³/mol. The fourth-order valence-corrected chi connectivity index (χ4v) is 2.76. The van der Waals surface area contributed by atoms with Gasteiger partial charge in [0.25, 0.3) is 0 Å². The molecule has 0 bridgehead atoms. The zero-order valence-electron chi connectivity index (χ0n) is 10.8. The highest BCUT2D eigenvalue weighted by Crippen LogP contribution is 2.25. The molecular formula is C14H14N4S. The molecule has 0 N–H and O–H groups in total. The molecule has 0 aliphatic heterocycles. The van der Waals surface area contributed by atoms with E-state index in [9.17, 15) is 0 Å². The van der Waals surface area contributed by atoms with Gasteiger partial charge in [-0.3, -0.25) is 4.98 Å². The quantitative estimate of drug-likeness (QED) is 0.733. The van der Waals surface area contributed by atoms with E-state index in [1.807, 2.05) is 31.5 Å². The Balaban J connectivity index is 2.01. The third kappa shape index (κ3) is 2.29. The molecule has 0 aliphatic carbocycles. The van der Waals surface area contributed by atoms with Gasteiger partial charge in [0.1, 0.15) is 5.82 Å². The second kappa shape index (κ2) is 4.93. The first-order valence-corrected chi connectivity index (χ1v) is 6.99. The average Bonchev–Trinajstić information content (AvgIpc) is 3.07. The van der Waals surface area contributed by atoms with Crippen molar-refractivity contribution in [2.45, 2.75) is 19.9 Å². The number of hydrogen-bond acceptors (Lipinski definition) is 4. The summed E-state index contributed by atoms with van der Waals surface area (Å²) < 4.78 is 2.14. The van der Waals surface area contributed by atoms with E-state index in [1.165, 1.54) is 0 Å². The third-order valence-corrected chi connectivity index (χ3v) is 3.88. The van der Waals surface area contributed by atoms with Crippen LogP contribution >= 0.6 is 11.3 Å². The SMILES string of the molecule is Cc1nc([C@@H](C)n2ccnc2-c2ccncc2)cs1. The number of aryl methyl sites for hydroxylation is 1. The van der Waals surface area contributed by atoms with Crippen LogP contribution in [0.5, 0.6) is 0 Å². The Bertz CT molecular complexity index is 672. The van der Waals surface area contributed by atoms with E-state index in [-0.39, 0.29) is 6.04 Å². The van der Waals surface area contributed by atoms with E-state index in [2.05, 4.69) is 31.8 Å². The number of hydrogen-bond donors (Lipinski definition) is 0. The van der Waals surface area contributed by atoms with E-state index < -0.39 is 0 Å². The van der Waals surface area contributed by atoms with Gasteiger partial charge in [0, 0.05) is 35.7 Å². The van der Waals surface area contributed by atoms with Gasteiger partial charge in [0.2, 0.25) is 0 Å². The van der Waals surface area contributed by atoms with Crippen molar-refractivity contribution in [2.24, 2.45) is 0 Å². The van der Waals surface area contributed by atoms with Crippen LogP contribution in [-0.4, -0.2) is 19.5 Å². The first kappa shape index (κ1) is 12.0. The standard InChI is InChI=1S/C14H14N4S/c1-10(13-9-19-11(2)17-13)18-8-7-16-14(18)12-3-5-15-6-4-12/h3-10H,1-2H3/t10-/m1/s1. The molecule has 19 heavy (non-hydrogen) atoms. The lowest BCUT2D eigenvalue weighted by Gasteiger charge is -2.14. The Kier molecular flexibility index (Phi) is 3.13. The van der Waals surface area contributed by atoms with Gasteiger partial charge in [-0.2, -0.15) is 0 Å². The van der Waals surface area contributed by atoms with Crippen molar-refractivity contribution >= 4 is 11.3 Å². The molecule has 3 rings (SSSR count). The van der Waals surface area contributed by atoms with Crippen LogP contribution in [0, 0.1) is 6.92 Å². The van der Waals surface area contributed by atoms with Gasteiger partial charge in [0.05, 0.1) is 16.7 Å². The summed E-state index contributed by atoms with van der Waals surface area (Å²) >= 11 is 1.68. The summed E-state index contributed by atoms with van der Waals surface area (Å²) in [6, 6.07) is 4.12. The Labute approximate surface area is 115 Å². The van der Waals surface area contributed by atoms with Crippen LogP contribution in [0.25, 0.3) is 11.4 Å². The molecule has 0 aliphatic rings. The molecule has 0 saturated heterocycles. The lowest BCUT2D eigenvalue weighted by atomic mass is 10.2. The second-order valence-electron chi connectivity index (χ2n) is 4.36. The molecule has 3 aromatic rings. The first-order valence-electron chi connectivity index (χ1n) is 6.11. The van der Waals surface area contributed by atoms with Crippen molar-refractivity contribution in [2.75, 3.05) is 0 Å². The zero-order chi connectivity index (χ0) is 13.2. The summed E-state index contributed by atoms with van der Waals surface area (Å²) in [5, 5.41) is 3.20. The Hall–Kier alpha value is -2.01. The smallest absolute Gasteiger partial charge is 0.140 e. The molecule has 1 atom stereocenters. The number of pyridine rings is 1. The molecule has 0 saturated carbocycles. The topological polar surface area (TPSA) is 43.6 Å². The van der Waals surface area contributed by atoms with Crippen molar-refractivity contribution in [3.63, 3.8) is 0 Å². The van der Waals surface area contributed by atoms with Gasteiger partial charge in [-0.25, -0.2) is 9.97 Å². The van der Waals surface area contributed by atoms with Crippen LogP contribution in [0.3, 0.4) is 0 Å². The number of nitrogens with zero attached hydrogens (tertiary/aromatic N) is 4. The van der Waals surface area contributed by atoms with Crippen LogP contribution in [-0.2, 0) is 0 Å². The molecule has 0 radical (unpaired) electrons. The summed E-state index contributed by atoms with van der Waals surface area (Å²) in [6.07, 6.45) is 7.39. The largest absolute Gasteiger partial charge is 0.322 e. The molecular weight excluding hydrogens is 256 g/mol. The van der Waals surface area contributed by atoms with Gasteiger partial charge in [-0.15, -0.1) is 11.3 Å². The number of rotatable bonds is 3. The summed E-state index contributed by atoms with van der Waals surface area (Å²) in [4.78, 5) is 13.1. The third-order valence-electron chi connectivity index (χ3n) is 3.09. The maximum Gasteiger partial charge on any atom is 0.140 e. The van der Waals surface area contributed by atoms with Crippen molar-refractivity contribution < 1.29 is 0 Å². The summed E-state index contributed by atoms with van der Waals surface area (Å²) in [5.41, 5.74) is 2.15.